The van der Waals surface area contributed by atoms with E-state index in [0.717, 1.165) is 4.47 Å². The number of carbonyl (C=O) groups excluding carboxylic acids is 3. The first-order valence-corrected chi connectivity index (χ1v) is 8.76. The van der Waals surface area contributed by atoms with Gasteiger partial charge < -0.3 is 14.8 Å². The average Bonchev–Trinajstić information content (AvgIpc) is 2.50. The zero-order valence-corrected chi connectivity index (χ0v) is 16.1. The van der Waals surface area contributed by atoms with Gasteiger partial charge in [-0.1, -0.05) is 22.0 Å². The lowest BCUT2D eigenvalue weighted by atomic mass is 10.3. The molecular weight excluding hydrogens is 392 g/mol. The predicted octanol–water partition coefficient (Wildman–Crippen LogP) is 2.77. The molecule has 7 nitrogen and oxygen atoms in total. The maximum atomic E-state index is 11.7. The summed E-state index contributed by atoms with van der Waals surface area (Å²) in [6.45, 7) is 5.30. The summed E-state index contributed by atoms with van der Waals surface area (Å²) in [7, 11) is 0. The molecule has 25 heavy (non-hydrogen) atoms. The van der Waals surface area contributed by atoms with Gasteiger partial charge in [0.05, 0.1) is 6.61 Å². The van der Waals surface area contributed by atoms with Crippen LogP contribution in [-0.2, 0) is 14.3 Å². The highest BCUT2D eigenvalue weighted by atomic mass is 79.9. The number of hydrogen-bond acceptors (Lipinski definition) is 5. The van der Waals surface area contributed by atoms with E-state index in [2.05, 4.69) is 26.6 Å². The Bertz CT molecular complexity index is 606. The second kappa shape index (κ2) is 10.7. The third kappa shape index (κ3) is 9.09. The molecule has 0 aliphatic heterocycles. The summed E-state index contributed by atoms with van der Waals surface area (Å²) >= 11 is 3.34. The van der Waals surface area contributed by atoms with Gasteiger partial charge in [0.25, 0.3) is 5.91 Å². The summed E-state index contributed by atoms with van der Waals surface area (Å²) in [5.41, 5.74) is 0. The molecule has 138 valence electrons. The average molecular weight is 415 g/mol. The van der Waals surface area contributed by atoms with E-state index in [1.165, 1.54) is 6.92 Å². The summed E-state index contributed by atoms with van der Waals surface area (Å²) in [5, 5.41) is 4.63. The third-order valence-corrected chi connectivity index (χ3v) is 3.42. The lowest BCUT2D eigenvalue weighted by Crippen LogP contribution is -2.46. The molecule has 2 N–H and O–H groups in total. The minimum absolute atomic E-state index is 0.101. The fraction of sp³-hybridized carbons (Fsp3) is 0.471. The first kappa shape index (κ1) is 21.0. The highest BCUT2D eigenvalue weighted by Gasteiger charge is 2.19. The molecule has 0 aliphatic carbocycles. The zero-order valence-electron chi connectivity index (χ0n) is 14.5. The quantitative estimate of drug-likeness (QED) is 0.503. The second-order valence-electron chi connectivity index (χ2n) is 5.66. The van der Waals surface area contributed by atoms with Crippen LogP contribution in [0.15, 0.2) is 28.7 Å². The largest absolute Gasteiger partial charge is 0.494 e. The Balaban J connectivity index is 2.24. The number of amides is 3. The number of rotatable bonds is 8. The summed E-state index contributed by atoms with van der Waals surface area (Å²) in [6, 6.07) is 6.66. The van der Waals surface area contributed by atoms with E-state index in [9.17, 15) is 14.4 Å². The van der Waals surface area contributed by atoms with E-state index in [1.54, 1.807) is 13.8 Å². The van der Waals surface area contributed by atoms with Crippen molar-refractivity contribution in [3.05, 3.63) is 28.7 Å². The molecule has 0 aromatic heterocycles. The number of benzene rings is 1. The lowest BCUT2D eigenvalue weighted by molar-refractivity contribution is -0.154. The van der Waals surface area contributed by atoms with E-state index in [1.807, 2.05) is 24.3 Å². The molecule has 1 atom stereocenters. The van der Waals surface area contributed by atoms with Gasteiger partial charge >= 0.3 is 12.0 Å². The molecule has 0 saturated carbocycles. The van der Waals surface area contributed by atoms with Crippen LogP contribution in [0.4, 0.5) is 4.79 Å². The van der Waals surface area contributed by atoms with Crippen molar-refractivity contribution in [1.29, 1.82) is 0 Å². The minimum atomic E-state index is -1.04. The highest BCUT2D eigenvalue weighted by molar-refractivity contribution is 9.10. The molecule has 8 heteroatoms. The Kier molecular flexibility index (Phi) is 8.98. The Morgan fingerprint density at radius 1 is 1.20 bits per heavy atom. The van der Waals surface area contributed by atoms with Crippen molar-refractivity contribution in [2.45, 2.75) is 45.8 Å². The van der Waals surface area contributed by atoms with Crippen LogP contribution in [0.25, 0.3) is 0 Å². The Hall–Kier alpha value is -2.09. The SMILES string of the molecule is CC(C)NC(=O)NC(=O)[C@@H](C)OC(=O)CCCOc1cccc(Br)c1. The van der Waals surface area contributed by atoms with E-state index in [-0.39, 0.29) is 12.5 Å². The molecule has 0 unspecified atom stereocenters. The third-order valence-electron chi connectivity index (χ3n) is 2.92. The van der Waals surface area contributed by atoms with Crippen molar-refractivity contribution < 1.29 is 23.9 Å². The maximum Gasteiger partial charge on any atom is 0.321 e. The number of carbonyl (C=O) groups is 3. The molecule has 0 saturated heterocycles. The first-order valence-electron chi connectivity index (χ1n) is 7.97. The van der Waals surface area contributed by atoms with Gasteiger partial charge in [0.1, 0.15) is 5.75 Å². The molecular formula is C17H23BrN2O5. The van der Waals surface area contributed by atoms with E-state index < -0.39 is 24.0 Å². The standard InChI is InChI=1S/C17H23BrN2O5/c1-11(2)19-17(23)20-16(22)12(3)25-15(21)8-5-9-24-14-7-4-6-13(18)10-14/h4,6-7,10-12H,5,8-9H2,1-3H3,(H2,19,20,22,23)/t12-/m1/s1. The molecule has 0 spiro atoms. The van der Waals surface area contributed by atoms with Gasteiger partial charge in [0.15, 0.2) is 6.10 Å². The van der Waals surface area contributed by atoms with Crippen LogP contribution < -0.4 is 15.4 Å². The van der Waals surface area contributed by atoms with Gasteiger partial charge in [-0.15, -0.1) is 0 Å². The predicted molar refractivity (Wildman–Crippen MR) is 96.2 cm³/mol. The van der Waals surface area contributed by atoms with Gasteiger partial charge in [0.2, 0.25) is 0 Å². The van der Waals surface area contributed by atoms with Gasteiger partial charge in [-0.05, 0) is 45.4 Å². The minimum Gasteiger partial charge on any atom is -0.494 e. The van der Waals surface area contributed by atoms with E-state index in [4.69, 9.17) is 9.47 Å². The molecule has 1 rings (SSSR count). The lowest BCUT2D eigenvalue weighted by Gasteiger charge is -2.14. The molecule has 3 amide bonds. The number of halogens is 1. The van der Waals surface area contributed by atoms with Crippen LogP contribution >= 0.6 is 15.9 Å². The second-order valence-corrected chi connectivity index (χ2v) is 6.57. The van der Waals surface area contributed by atoms with Crippen molar-refractivity contribution >= 4 is 33.8 Å². The number of urea groups is 1. The molecule has 0 aliphatic rings. The highest BCUT2D eigenvalue weighted by Crippen LogP contribution is 2.17. The van der Waals surface area contributed by atoms with Gasteiger partial charge in [-0.2, -0.15) is 0 Å². The Labute approximate surface area is 155 Å². The van der Waals surface area contributed by atoms with Crippen LogP contribution in [0.2, 0.25) is 0 Å². The Morgan fingerprint density at radius 2 is 1.92 bits per heavy atom. The van der Waals surface area contributed by atoms with Crippen molar-refractivity contribution in [2.75, 3.05) is 6.61 Å². The number of imide groups is 1. The van der Waals surface area contributed by atoms with Gasteiger partial charge in [0, 0.05) is 16.9 Å². The summed E-state index contributed by atoms with van der Waals surface area (Å²) in [4.78, 5) is 34.9. The summed E-state index contributed by atoms with van der Waals surface area (Å²) < 4.78 is 11.4. The van der Waals surface area contributed by atoms with Crippen LogP contribution in [0.1, 0.15) is 33.6 Å². The monoisotopic (exact) mass is 414 g/mol. The van der Waals surface area contributed by atoms with Crippen molar-refractivity contribution in [3.63, 3.8) is 0 Å². The van der Waals surface area contributed by atoms with Crippen LogP contribution in [-0.4, -0.2) is 36.7 Å². The fourth-order valence-electron chi connectivity index (χ4n) is 1.78. The summed E-state index contributed by atoms with van der Waals surface area (Å²) in [6.07, 6.45) is -0.478. The Morgan fingerprint density at radius 3 is 2.56 bits per heavy atom. The normalized spacial score (nSPS) is 11.6. The molecule has 1 aromatic carbocycles. The van der Waals surface area contributed by atoms with Crippen molar-refractivity contribution in [3.8, 4) is 5.75 Å². The molecule has 0 bridgehead atoms. The molecule has 1 aromatic rings. The topological polar surface area (TPSA) is 93.7 Å². The van der Waals surface area contributed by atoms with Crippen LogP contribution in [0.5, 0.6) is 5.75 Å². The number of hydrogen-bond donors (Lipinski definition) is 2. The number of esters is 1. The van der Waals surface area contributed by atoms with Crippen molar-refractivity contribution in [2.24, 2.45) is 0 Å². The number of ether oxygens (including phenoxy) is 2. The fourth-order valence-corrected chi connectivity index (χ4v) is 2.16. The molecule has 0 radical (unpaired) electrons. The van der Waals surface area contributed by atoms with Crippen molar-refractivity contribution in [1.82, 2.24) is 10.6 Å². The summed E-state index contributed by atoms with van der Waals surface area (Å²) in [5.74, 6) is -0.492. The van der Waals surface area contributed by atoms with Crippen LogP contribution in [0, 0.1) is 0 Å². The molecule has 0 heterocycles. The van der Waals surface area contributed by atoms with E-state index in [0.29, 0.717) is 18.8 Å². The van der Waals surface area contributed by atoms with Gasteiger partial charge in [-0.25, -0.2) is 4.79 Å². The smallest absolute Gasteiger partial charge is 0.321 e. The van der Waals surface area contributed by atoms with Crippen LogP contribution in [0.3, 0.4) is 0 Å². The zero-order chi connectivity index (χ0) is 18.8. The first-order chi connectivity index (χ1) is 11.8. The number of nitrogens with one attached hydrogen (secondary N) is 2. The molecule has 0 fully saturated rings. The van der Waals surface area contributed by atoms with E-state index >= 15 is 0 Å². The maximum absolute atomic E-state index is 11.7. The van der Waals surface area contributed by atoms with Gasteiger partial charge in [-0.3, -0.25) is 14.9 Å².